The summed E-state index contributed by atoms with van der Waals surface area (Å²) in [5.74, 6) is -0.308. The predicted octanol–water partition coefficient (Wildman–Crippen LogP) is 9.72. The second-order valence-electron chi connectivity index (χ2n) is 20.4. The smallest absolute Gasteiger partial charge is 0.220 e. The molecule has 12 unspecified atom stereocenters. The normalized spacial score (nSPS) is 25.7. The molecule has 0 aromatic rings. The predicted molar refractivity (Wildman–Crippen MR) is 300 cm³/mol. The first-order valence-electron chi connectivity index (χ1n) is 29.3. The topological polar surface area (TPSA) is 228 Å². The molecule has 14 heteroatoms. The molecule has 2 heterocycles. The summed E-state index contributed by atoms with van der Waals surface area (Å²) in [4.78, 5) is 13.2. The van der Waals surface area contributed by atoms with Gasteiger partial charge >= 0.3 is 0 Å². The van der Waals surface area contributed by atoms with Gasteiger partial charge in [0.25, 0.3) is 0 Å². The van der Waals surface area contributed by atoms with Gasteiger partial charge in [0.05, 0.1) is 32.0 Å². The highest BCUT2D eigenvalue weighted by Gasteiger charge is 2.51. The van der Waals surface area contributed by atoms with Gasteiger partial charge in [0, 0.05) is 6.42 Å². The molecule has 2 fully saturated rings. The number of allylic oxidation sites excluding steroid dienone is 13. The van der Waals surface area contributed by atoms with Gasteiger partial charge in [-0.1, -0.05) is 208 Å². The standard InChI is InChI=1S/C61H105NO13/c1-3-5-7-9-11-13-15-17-19-21-22-23-24-25-26-27-29-30-32-34-36-38-40-42-44-50(65)49(62-53(66)45-43-41-39-37-35-33-31-28-20-18-16-14-12-10-8-6-4-2)48-72-60-58(71)56(69)59(52(47-64)74-60)75-61-57(70)55(68)54(67)51(46-63)73-61/h6,8,12,14,18,20,31,33-34,36-37,39,42,44,49-52,54-61,63-65,67-71H,3-5,7,9-11,13,15-17,19,21-30,32,35,38,40-41,43,45-48H2,1-2H3,(H,62,66)/b8-6-,14-12-,20-18-,33-31-,36-34+,39-37-,44-42+. The lowest BCUT2D eigenvalue weighted by molar-refractivity contribution is -0.359. The van der Waals surface area contributed by atoms with Crippen LogP contribution in [0.3, 0.4) is 0 Å². The number of ether oxygens (including phenoxy) is 4. The minimum absolute atomic E-state index is 0.191. The van der Waals surface area contributed by atoms with Crippen molar-refractivity contribution in [2.24, 2.45) is 0 Å². The number of unbranched alkanes of at least 4 members (excludes halogenated alkanes) is 20. The van der Waals surface area contributed by atoms with E-state index in [4.69, 9.17) is 18.9 Å². The average Bonchev–Trinajstić information content (AvgIpc) is 3.41. The van der Waals surface area contributed by atoms with Gasteiger partial charge in [0.1, 0.15) is 48.8 Å². The van der Waals surface area contributed by atoms with E-state index in [1.54, 1.807) is 6.08 Å². The number of hydrogen-bond acceptors (Lipinski definition) is 13. The molecule has 1 amide bonds. The van der Waals surface area contributed by atoms with Crippen molar-refractivity contribution in [3.05, 3.63) is 85.1 Å². The van der Waals surface area contributed by atoms with E-state index in [0.29, 0.717) is 19.3 Å². The Morgan fingerprint density at radius 1 is 0.493 bits per heavy atom. The van der Waals surface area contributed by atoms with E-state index in [1.165, 1.54) is 116 Å². The van der Waals surface area contributed by atoms with Crippen LogP contribution in [-0.2, 0) is 23.7 Å². The minimum atomic E-state index is -1.80. The Kier molecular flexibility index (Phi) is 42.0. The Bertz CT molecular complexity index is 1580. The van der Waals surface area contributed by atoms with E-state index in [-0.39, 0.29) is 18.9 Å². The number of hydrogen-bond donors (Lipinski definition) is 9. The van der Waals surface area contributed by atoms with Crippen LogP contribution in [0.2, 0.25) is 0 Å². The highest BCUT2D eigenvalue weighted by atomic mass is 16.7. The first-order valence-corrected chi connectivity index (χ1v) is 29.3. The highest BCUT2D eigenvalue weighted by Crippen LogP contribution is 2.30. The summed E-state index contributed by atoms with van der Waals surface area (Å²) in [6.07, 6.45) is 44.9. The molecule has 0 aliphatic carbocycles. The average molecular weight is 1060 g/mol. The molecule has 12 atom stereocenters. The summed E-state index contributed by atoms with van der Waals surface area (Å²) in [5.41, 5.74) is 0. The van der Waals surface area contributed by atoms with Crippen LogP contribution in [0.1, 0.15) is 200 Å². The van der Waals surface area contributed by atoms with E-state index in [2.05, 4.69) is 86.0 Å². The number of rotatable bonds is 45. The molecule has 9 N–H and O–H groups in total. The van der Waals surface area contributed by atoms with Crippen LogP contribution in [0, 0.1) is 0 Å². The molecule has 432 valence electrons. The van der Waals surface area contributed by atoms with Gasteiger partial charge in [0.2, 0.25) is 5.91 Å². The summed E-state index contributed by atoms with van der Waals surface area (Å²) in [7, 11) is 0. The fraction of sp³-hybridized carbons (Fsp3) is 0.754. The Morgan fingerprint density at radius 3 is 1.47 bits per heavy atom. The maximum Gasteiger partial charge on any atom is 0.220 e. The van der Waals surface area contributed by atoms with Gasteiger partial charge in [-0.2, -0.15) is 0 Å². The zero-order valence-electron chi connectivity index (χ0n) is 46.3. The van der Waals surface area contributed by atoms with Crippen LogP contribution in [0.15, 0.2) is 85.1 Å². The van der Waals surface area contributed by atoms with Crippen LogP contribution >= 0.6 is 0 Å². The van der Waals surface area contributed by atoms with Crippen molar-refractivity contribution in [1.82, 2.24) is 5.32 Å². The molecule has 14 nitrogen and oxygen atoms in total. The monoisotopic (exact) mass is 1060 g/mol. The molecule has 2 aliphatic rings. The van der Waals surface area contributed by atoms with Crippen molar-refractivity contribution in [3.8, 4) is 0 Å². The number of nitrogens with one attached hydrogen (secondary N) is 1. The molecule has 2 saturated heterocycles. The van der Waals surface area contributed by atoms with Crippen molar-refractivity contribution in [2.45, 2.75) is 274 Å². The Hall–Kier alpha value is -2.83. The maximum atomic E-state index is 13.2. The Balaban J connectivity index is 1.81. The number of aliphatic hydroxyl groups excluding tert-OH is 8. The molecule has 75 heavy (non-hydrogen) atoms. The van der Waals surface area contributed by atoms with Gasteiger partial charge < -0.3 is 65.1 Å². The third-order valence-electron chi connectivity index (χ3n) is 13.8. The first kappa shape index (κ1) is 68.3. The molecule has 2 aliphatic heterocycles. The van der Waals surface area contributed by atoms with E-state index < -0.39 is 86.8 Å². The Morgan fingerprint density at radius 2 is 0.933 bits per heavy atom. The minimum Gasteiger partial charge on any atom is -0.394 e. The van der Waals surface area contributed by atoms with Crippen LogP contribution in [0.5, 0.6) is 0 Å². The van der Waals surface area contributed by atoms with Crippen LogP contribution in [0.4, 0.5) is 0 Å². The fourth-order valence-electron chi connectivity index (χ4n) is 9.11. The largest absolute Gasteiger partial charge is 0.394 e. The highest BCUT2D eigenvalue weighted by molar-refractivity contribution is 5.76. The van der Waals surface area contributed by atoms with Crippen molar-refractivity contribution < 1.29 is 64.6 Å². The van der Waals surface area contributed by atoms with Gasteiger partial charge in [-0.05, 0) is 70.6 Å². The summed E-state index contributed by atoms with van der Waals surface area (Å²) in [6, 6.07) is -0.967. The number of carbonyl (C=O) groups is 1. The number of aliphatic hydroxyl groups is 8. The summed E-state index contributed by atoms with van der Waals surface area (Å²) >= 11 is 0. The molecular formula is C61H105NO13. The van der Waals surface area contributed by atoms with Gasteiger partial charge in [-0.3, -0.25) is 4.79 Å². The molecule has 0 aromatic heterocycles. The van der Waals surface area contributed by atoms with Gasteiger partial charge in [-0.15, -0.1) is 0 Å². The van der Waals surface area contributed by atoms with Crippen molar-refractivity contribution in [3.63, 3.8) is 0 Å². The van der Waals surface area contributed by atoms with E-state index in [0.717, 1.165) is 44.9 Å². The number of carbonyl (C=O) groups excluding carboxylic acids is 1. The fourth-order valence-corrected chi connectivity index (χ4v) is 9.11. The van der Waals surface area contributed by atoms with E-state index in [1.807, 2.05) is 12.2 Å². The van der Waals surface area contributed by atoms with Gasteiger partial charge in [-0.25, -0.2) is 0 Å². The molecule has 0 bridgehead atoms. The van der Waals surface area contributed by atoms with Crippen molar-refractivity contribution in [1.29, 1.82) is 0 Å². The summed E-state index contributed by atoms with van der Waals surface area (Å²) < 4.78 is 22.7. The molecule has 0 spiro atoms. The third kappa shape index (κ3) is 32.0. The zero-order chi connectivity index (χ0) is 54.6. The van der Waals surface area contributed by atoms with E-state index in [9.17, 15) is 45.6 Å². The quantitative estimate of drug-likeness (QED) is 0.0205. The van der Waals surface area contributed by atoms with Crippen molar-refractivity contribution in [2.75, 3.05) is 19.8 Å². The first-order chi connectivity index (χ1) is 36.6. The second-order valence-corrected chi connectivity index (χ2v) is 20.4. The second kappa shape index (κ2) is 46.1. The zero-order valence-corrected chi connectivity index (χ0v) is 46.3. The van der Waals surface area contributed by atoms with Gasteiger partial charge in [0.15, 0.2) is 12.6 Å². The molecule has 0 saturated carbocycles. The SMILES string of the molecule is CC/C=C\C/C=C\C/C=C\C/C=C\C/C=C\CCCC(=O)NC(COC1OC(CO)C(OC2OC(CO)C(O)C(O)C2O)C(O)C1O)C(O)/C=C/CC/C=C/CCCCCCCCCCCCCCCCCCCC. The molecular weight excluding hydrogens is 955 g/mol. The number of amides is 1. The lowest BCUT2D eigenvalue weighted by Crippen LogP contribution is -2.65. The van der Waals surface area contributed by atoms with Crippen LogP contribution in [-0.4, -0.2) is 140 Å². The summed E-state index contributed by atoms with van der Waals surface area (Å²) in [6.45, 7) is 2.62. The Labute approximate surface area is 452 Å². The lowest BCUT2D eigenvalue weighted by Gasteiger charge is -2.46. The molecule has 2 rings (SSSR count). The maximum absolute atomic E-state index is 13.2. The lowest BCUT2D eigenvalue weighted by atomic mass is 9.97. The van der Waals surface area contributed by atoms with Crippen LogP contribution in [0.25, 0.3) is 0 Å². The molecule has 0 radical (unpaired) electrons. The van der Waals surface area contributed by atoms with E-state index >= 15 is 0 Å². The summed E-state index contributed by atoms with van der Waals surface area (Å²) in [5, 5.41) is 87.0. The van der Waals surface area contributed by atoms with Crippen LogP contribution < -0.4 is 5.32 Å². The molecule has 0 aromatic carbocycles. The van der Waals surface area contributed by atoms with Crippen molar-refractivity contribution >= 4 is 5.91 Å². The third-order valence-corrected chi connectivity index (χ3v) is 13.8.